The lowest BCUT2D eigenvalue weighted by molar-refractivity contribution is -0.116. The van der Waals surface area contributed by atoms with Crippen LogP contribution < -0.4 is 5.32 Å². The number of anilines is 1. The number of aryl methyl sites for hydroxylation is 3. The van der Waals surface area contributed by atoms with Crippen molar-refractivity contribution in [3.8, 4) is 0 Å². The Hall–Kier alpha value is -1.76. The second-order valence-corrected chi connectivity index (χ2v) is 7.64. The van der Waals surface area contributed by atoms with Gasteiger partial charge in [0.25, 0.3) is 0 Å². The van der Waals surface area contributed by atoms with Crippen LogP contribution in [0.15, 0.2) is 4.52 Å². The van der Waals surface area contributed by atoms with Gasteiger partial charge in [-0.2, -0.15) is 4.98 Å². The number of aromatic nitrogens is 3. The fraction of sp³-hybridized carbons (Fsp3) is 0.600. The van der Waals surface area contributed by atoms with Crippen molar-refractivity contribution in [1.82, 2.24) is 15.1 Å². The molecule has 1 amide bonds. The summed E-state index contributed by atoms with van der Waals surface area (Å²) in [5.74, 6) is 1.10. The standard InChI is InChI=1S/C15H20N4O2S/c1-15(2,3)13-18-12(21-19-13)8-7-11(20)17-14-16-9-5-4-6-10(9)22-14/h4-8H2,1-3H3,(H,16,17,20). The second-order valence-electron chi connectivity index (χ2n) is 6.55. The third-order valence-corrected chi connectivity index (χ3v) is 4.62. The molecule has 3 rings (SSSR count). The molecule has 0 bridgehead atoms. The van der Waals surface area contributed by atoms with Crippen LogP contribution in [0.25, 0.3) is 0 Å². The van der Waals surface area contributed by atoms with E-state index in [0.29, 0.717) is 29.7 Å². The van der Waals surface area contributed by atoms with E-state index < -0.39 is 0 Å². The first-order valence-electron chi connectivity index (χ1n) is 7.53. The Balaban J connectivity index is 1.52. The molecule has 1 aliphatic carbocycles. The van der Waals surface area contributed by atoms with Gasteiger partial charge >= 0.3 is 0 Å². The highest BCUT2D eigenvalue weighted by atomic mass is 32.1. The first kappa shape index (κ1) is 15.1. The van der Waals surface area contributed by atoms with E-state index in [-0.39, 0.29) is 11.3 Å². The monoisotopic (exact) mass is 320 g/mol. The van der Waals surface area contributed by atoms with Crippen molar-refractivity contribution in [2.45, 2.75) is 58.3 Å². The van der Waals surface area contributed by atoms with E-state index in [9.17, 15) is 4.79 Å². The molecule has 0 spiro atoms. The molecular formula is C15H20N4O2S. The van der Waals surface area contributed by atoms with E-state index in [2.05, 4.69) is 20.4 Å². The van der Waals surface area contributed by atoms with Crippen molar-refractivity contribution in [3.63, 3.8) is 0 Å². The maximum atomic E-state index is 12.0. The van der Waals surface area contributed by atoms with Gasteiger partial charge in [-0.15, -0.1) is 11.3 Å². The van der Waals surface area contributed by atoms with Gasteiger partial charge in [-0.05, 0) is 19.3 Å². The molecule has 22 heavy (non-hydrogen) atoms. The molecule has 6 nitrogen and oxygen atoms in total. The third kappa shape index (κ3) is 3.35. The van der Waals surface area contributed by atoms with Gasteiger partial charge in [-0.25, -0.2) is 4.98 Å². The van der Waals surface area contributed by atoms with E-state index >= 15 is 0 Å². The maximum Gasteiger partial charge on any atom is 0.227 e. The average molecular weight is 320 g/mol. The van der Waals surface area contributed by atoms with Crippen LogP contribution in [0.4, 0.5) is 5.13 Å². The predicted molar refractivity (Wildman–Crippen MR) is 84.1 cm³/mol. The van der Waals surface area contributed by atoms with Crippen LogP contribution in [0.3, 0.4) is 0 Å². The summed E-state index contributed by atoms with van der Waals surface area (Å²) in [5.41, 5.74) is 0.998. The molecule has 2 aromatic heterocycles. The first-order valence-corrected chi connectivity index (χ1v) is 8.35. The van der Waals surface area contributed by atoms with E-state index in [4.69, 9.17) is 4.52 Å². The molecule has 0 aliphatic heterocycles. The highest BCUT2D eigenvalue weighted by molar-refractivity contribution is 7.15. The lowest BCUT2D eigenvalue weighted by atomic mass is 9.96. The molecule has 1 aliphatic rings. The molecule has 0 aromatic carbocycles. The molecule has 2 aromatic rings. The number of hydrogen-bond acceptors (Lipinski definition) is 6. The number of amides is 1. The van der Waals surface area contributed by atoms with Crippen LogP contribution in [0.1, 0.15) is 55.9 Å². The number of carbonyl (C=O) groups excluding carboxylic acids is 1. The molecule has 0 fully saturated rings. The molecule has 1 N–H and O–H groups in total. The van der Waals surface area contributed by atoms with Crippen molar-refractivity contribution in [2.75, 3.05) is 5.32 Å². The van der Waals surface area contributed by atoms with Crippen LogP contribution in [0.5, 0.6) is 0 Å². The number of carbonyl (C=O) groups is 1. The summed E-state index contributed by atoms with van der Waals surface area (Å²) in [6.45, 7) is 6.07. The quantitative estimate of drug-likeness (QED) is 0.937. The van der Waals surface area contributed by atoms with Gasteiger partial charge < -0.3 is 9.84 Å². The van der Waals surface area contributed by atoms with Gasteiger partial charge in [0.15, 0.2) is 11.0 Å². The summed E-state index contributed by atoms with van der Waals surface area (Å²) in [6, 6.07) is 0. The minimum Gasteiger partial charge on any atom is -0.339 e. The SMILES string of the molecule is CC(C)(C)c1noc(CCC(=O)Nc2nc3c(s2)CCC3)n1. The Kier molecular flexibility index (Phi) is 3.99. The Morgan fingerprint density at radius 1 is 1.32 bits per heavy atom. The Morgan fingerprint density at radius 2 is 2.14 bits per heavy atom. The Bertz CT molecular complexity index is 663. The van der Waals surface area contributed by atoms with Crippen molar-refractivity contribution in [3.05, 3.63) is 22.3 Å². The fourth-order valence-corrected chi connectivity index (χ4v) is 3.37. The number of hydrogen-bond donors (Lipinski definition) is 1. The molecule has 7 heteroatoms. The number of nitrogens with zero attached hydrogens (tertiary/aromatic N) is 3. The molecule has 0 saturated heterocycles. The minimum absolute atomic E-state index is 0.0667. The van der Waals surface area contributed by atoms with Crippen molar-refractivity contribution in [1.29, 1.82) is 0 Å². The van der Waals surface area contributed by atoms with E-state index in [1.165, 1.54) is 11.3 Å². The fourth-order valence-electron chi connectivity index (χ4n) is 2.31. The second kappa shape index (κ2) is 5.79. The van der Waals surface area contributed by atoms with Gasteiger partial charge in [0.05, 0.1) is 5.69 Å². The van der Waals surface area contributed by atoms with Crippen molar-refractivity contribution >= 4 is 22.4 Å². The Morgan fingerprint density at radius 3 is 2.82 bits per heavy atom. The summed E-state index contributed by atoms with van der Waals surface area (Å²) in [4.78, 5) is 22.1. The minimum atomic E-state index is -0.147. The lowest BCUT2D eigenvalue weighted by Crippen LogP contribution is -2.14. The lowest BCUT2D eigenvalue weighted by Gasteiger charge is -2.10. The number of thiazole rings is 1. The largest absolute Gasteiger partial charge is 0.339 e. The van der Waals surface area contributed by atoms with Crippen LogP contribution in [0, 0.1) is 0 Å². The average Bonchev–Trinajstić information content (AvgIpc) is 3.09. The molecule has 118 valence electrons. The van der Waals surface area contributed by atoms with Gasteiger partial charge in [0, 0.05) is 23.1 Å². The molecule has 0 atom stereocenters. The number of fused-ring (bicyclic) bond motifs is 1. The van der Waals surface area contributed by atoms with Gasteiger partial charge in [0.2, 0.25) is 11.8 Å². The summed E-state index contributed by atoms with van der Waals surface area (Å²) >= 11 is 1.59. The highest BCUT2D eigenvalue weighted by Crippen LogP contribution is 2.30. The van der Waals surface area contributed by atoms with Crippen LogP contribution in [0.2, 0.25) is 0 Å². The van der Waals surface area contributed by atoms with Crippen molar-refractivity contribution < 1.29 is 9.32 Å². The van der Waals surface area contributed by atoms with E-state index in [0.717, 1.165) is 18.5 Å². The van der Waals surface area contributed by atoms with Crippen LogP contribution >= 0.6 is 11.3 Å². The topological polar surface area (TPSA) is 80.9 Å². The first-order chi connectivity index (χ1) is 10.4. The summed E-state index contributed by atoms with van der Waals surface area (Å²) < 4.78 is 5.19. The van der Waals surface area contributed by atoms with Gasteiger partial charge in [0.1, 0.15) is 0 Å². The van der Waals surface area contributed by atoms with Crippen LogP contribution in [-0.4, -0.2) is 21.0 Å². The van der Waals surface area contributed by atoms with E-state index in [1.54, 1.807) is 11.3 Å². The van der Waals surface area contributed by atoms with E-state index in [1.807, 2.05) is 20.8 Å². The van der Waals surface area contributed by atoms with Crippen LogP contribution in [-0.2, 0) is 29.5 Å². The zero-order valence-corrected chi connectivity index (χ0v) is 13.9. The predicted octanol–water partition coefficient (Wildman–Crippen LogP) is 2.88. The highest BCUT2D eigenvalue weighted by Gasteiger charge is 2.21. The number of rotatable bonds is 4. The number of nitrogens with one attached hydrogen (secondary N) is 1. The summed E-state index contributed by atoms with van der Waals surface area (Å²) in [6.07, 6.45) is 4.05. The Labute approximate surface area is 133 Å². The molecule has 0 saturated carbocycles. The molecular weight excluding hydrogens is 300 g/mol. The summed E-state index contributed by atoms with van der Waals surface area (Å²) in [7, 11) is 0. The molecule has 2 heterocycles. The molecule has 0 radical (unpaired) electrons. The summed E-state index contributed by atoms with van der Waals surface area (Å²) in [5, 5.41) is 7.52. The van der Waals surface area contributed by atoms with Crippen molar-refractivity contribution in [2.24, 2.45) is 0 Å². The van der Waals surface area contributed by atoms with Gasteiger partial charge in [-0.1, -0.05) is 25.9 Å². The third-order valence-electron chi connectivity index (χ3n) is 3.55. The smallest absolute Gasteiger partial charge is 0.227 e. The van der Waals surface area contributed by atoms with Gasteiger partial charge in [-0.3, -0.25) is 4.79 Å². The zero-order valence-electron chi connectivity index (χ0n) is 13.1. The molecule has 0 unspecified atom stereocenters. The normalized spacial score (nSPS) is 14.1. The zero-order chi connectivity index (χ0) is 15.7. The maximum absolute atomic E-state index is 12.0.